The highest BCUT2D eigenvalue weighted by Gasteiger charge is 2.19. The van der Waals surface area contributed by atoms with E-state index in [-0.39, 0.29) is 11.5 Å². The van der Waals surface area contributed by atoms with E-state index in [1.165, 1.54) is 14.2 Å². The van der Waals surface area contributed by atoms with Gasteiger partial charge in [0.15, 0.2) is 0 Å². The first-order valence-electron chi connectivity index (χ1n) is 5.94. The molecule has 2 nitrogen and oxygen atoms in total. The molecule has 0 spiro atoms. The third-order valence-electron chi connectivity index (χ3n) is 2.66. The normalized spacial score (nSPS) is 14.0. The van der Waals surface area contributed by atoms with Crippen LogP contribution in [0, 0.1) is 12.3 Å². The van der Waals surface area contributed by atoms with E-state index in [0.717, 1.165) is 19.5 Å². The fourth-order valence-electron chi connectivity index (χ4n) is 2.01. The van der Waals surface area contributed by atoms with Crippen molar-refractivity contribution in [3.8, 4) is 0 Å². The number of hydrogen-bond acceptors (Lipinski definition) is 3. The Morgan fingerprint density at radius 3 is 2.65 bits per heavy atom. The first-order chi connectivity index (χ1) is 7.80. The number of hydrogen-bond donors (Lipinski definition) is 2. The standard InChI is InChI=1S/C13H22BrNOS/c1-9-5-11(17-12(9)14)7-15-8-13(3,4)6-10(2)16/h5,10,15-16H,6-8H2,1-4H3. The molecule has 0 aromatic carbocycles. The SMILES string of the molecule is Cc1cc(CNCC(C)(C)CC(C)O)sc1Br. The molecule has 1 aromatic heterocycles. The molecule has 0 fully saturated rings. The number of nitrogens with one attached hydrogen (secondary N) is 1. The maximum absolute atomic E-state index is 9.41. The van der Waals surface area contributed by atoms with Gasteiger partial charge in [0.05, 0.1) is 9.89 Å². The summed E-state index contributed by atoms with van der Waals surface area (Å²) in [7, 11) is 0. The summed E-state index contributed by atoms with van der Waals surface area (Å²) in [6, 6.07) is 2.21. The van der Waals surface area contributed by atoms with E-state index in [2.05, 4.69) is 48.1 Å². The van der Waals surface area contributed by atoms with Crippen LogP contribution >= 0.6 is 27.3 Å². The van der Waals surface area contributed by atoms with Gasteiger partial charge in [-0.15, -0.1) is 11.3 Å². The summed E-state index contributed by atoms with van der Waals surface area (Å²) in [5.41, 5.74) is 1.44. The van der Waals surface area contributed by atoms with E-state index >= 15 is 0 Å². The molecular weight excluding hydrogens is 298 g/mol. The molecule has 0 bridgehead atoms. The molecule has 0 amide bonds. The van der Waals surface area contributed by atoms with E-state index in [4.69, 9.17) is 0 Å². The molecule has 1 aromatic rings. The summed E-state index contributed by atoms with van der Waals surface area (Å²) in [6.45, 7) is 10.2. The Kier molecular flexibility index (Phi) is 5.64. The van der Waals surface area contributed by atoms with Gasteiger partial charge in [0.25, 0.3) is 0 Å². The number of thiophene rings is 1. The third kappa shape index (κ3) is 5.51. The van der Waals surface area contributed by atoms with Crippen LogP contribution in [0.4, 0.5) is 0 Å². The monoisotopic (exact) mass is 319 g/mol. The van der Waals surface area contributed by atoms with Crippen molar-refractivity contribution in [1.29, 1.82) is 0 Å². The van der Waals surface area contributed by atoms with Crippen molar-refractivity contribution in [2.45, 2.75) is 46.8 Å². The van der Waals surface area contributed by atoms with Crippen LogP contribution in [0.5, 0.6) is 0 Å². The predicted octanol–water partition coefficient (Wildman–Crippen LogP) is 3.71. The van der Waals surface area contributed by atoms with Gasteiger partial charge in [-0.2, -0.15) is 0 Å². The molecule has 0 aliphatic carbocycles. The maximum atomic E-state index is 9.41. The van der Waals surface area contributed by atoms with Crippen molar-refractivity contribution in [3.05, 3.63) is 20.3 Å². The smallest absolute Gasteiger partial charge is 0.0730 e. The van der Waals surface area contributed by atoms with Gasteiger partial charge in [0.2, 0.25) is 0 Å². The molecule has 1 rings (SSSR count). The Labute approximate surface area is 117 Å². The lowest BCUT2D eigenvalue weighted by Crippen LogP contribution is -2.31. The van der Waals surface area contributed by atoms with Crippen molar-refractivity contribution in [1.82, 2.24) is 5.32 Å². The van der Waals surface area contributed by atoms with Crippen LogP contribution in [0.25, 0.3) is 0 Å². The maximum Gasteiger partial charge on any atom is 0.0730 e. The second-order valence-corrected chi connectivity index (χ2v) is 7.94. The molecule has 1 atom stereocenters. The minimum atomic E-state index is -0.232. The minimum absolute atomic E-state index is 0.137. The fraction of sp³-hybridized carbons (Fsp3) is 0.692. The van der Waals surface area contributed by atoms with Gasteiger partial charge in [-0.1, -0.05) is 13.8 Å². The van der Waals surface area contributed by atoms with Crippen LogP contribution in [0.3, 0.4) is 0 Å². The van der Waals surface area contributed by atoms with E-state index < -0.39 is 0 Å². The van der Waals surface area contributed by atoms with E-state index in [0.29, 0.717) is 0 Å². The lowest BCUT2D eigenvalue weighted by Gasteiger charge is -2.26. The van der Waals surface area contributed by atoms with E-state index in [9.17, 15) is 5.11 Å². The number of rotatable bonds is 6. The quantitative estimate of drug-likeness (QED) is 0.837. The lowest BCUT2D eigenvalue weighted by atomic mass is 9.87. The third-order valence-corrected chi connectivity index (χ3v) is 4.80. The van der Waals surface area contributed by atoms with Gasteiger partial charge in [0.1, 0.15) is 0 Å². The molecule has 0 radical (unpaired) electrons. The Morgan fingerprint density at radius 1 is 1.53 bits per heavy atom. The van der Waals surface area contributed by atoms with Gasteiger partial charge < -0.3 is 10.4 Å². The van der Waals surface area contributed by atoms with Gasteiger partial charge in [-0.25, -0.2) is 0 Å². The molecule has 0 saturated heterocycles. The Bertz CT molecular complexity index is 341. The number of aliphatic hydroxyl groups excluding tert-OH is 1. The molecule has 0 aliphatic heterocycles. The summed E-state index contributed by atoms with van der Waals surface area (Å²) in [4.78, 5) is 1.35. The average Bonchev–Trinajstić information content (AvgIpc) is 2.43. The lowest BCUT2D eigenvalue weighted by molar-refractivity contribution is 0.128. The second kappa shape index (κ2) is 6.32. The van der Waals surface area contributed by atoms with Crippen LogP contribution in [0.1, 0.15) is 37.6 Å². The Hall–Kier alpha value is 0.100. The fourth-order valence-corrected chi connectivity index (χ4v) is 3.60. The molecule has 0 saturated carbocycles. The Morgan fingerprint density at radius 2 is 2.18 bits per heavy atom. The van der Waals surface area contributed by atoms with Crippen LogP contribution in [0.15, 0.2) is 9.85 Å². The summed E-state index contributed by atoms with van der Waals surface area (Å²) >= 11 is 5.32. The number of aryl methyl sites for hydroxylation is 1. The second-order valence-electron chi connectivity index (χ2n) is 5.49. The Balaban J connectivity index is 2.37. The first kappa shape index (κ1) is 15.2. The molecule has 1 unspecified atom stereocenters. The predicted molar refractivity (Wildman–Crippen MR) is 78.5 cm³/mol. The topological polar surface area (TPSA) is 32.3 Å². The molecule has 0 aliphatic rings. The molecule has 1 heterocycles. The zero-order valence-corrected chi connectivity index (χ0v) is 13.4. The summed E-state index contributed by atoms with van der Waals surface area (Å²) in [6.07, 6.45) is 0.595. The molecule has 2 N–H and O–H groups in total. The van der Waals surface area contributed by atoms with Gasteiger partial charge in [0, 0.05) is 18.0 Å². The van der Waals surface area contributed by atoms with Crippen LogP contribution in [-0.4, -0.2) is 17.8 Å². The molecule has 98 valence electrons. The van der Waals surface area contributed by atoms with Gasteiger partial charge in [-0.3, -0.25) is 0 Å². The molecule has 17 heavy (non-hydrogen) atoms. The van der Waals surface area contributed by atoms with Crippen molar-refractivity contribution in [2.24, 2.45) is 5.41 Å². The summed E-state index contributed by atoms with van der Waals surface area (Å²) in [5.74, 6) is 0. The van der Waals surface area contributed by atoms with Crippen LogP contribution in [0.2, 0.25) is 0 Å². The average molecular weight is 320 g/mol. The van der Waals surface area contributed by atoms with Crippen molar-refractivity contribution < 1.29 is 5.11 Å². The van der Waals surface area contributed by atoms with Crippen LogP contribution < -0.4 is 5.32 Å². The van der Waals surface area contributed by atoms with Gasteiger partial charge >= 0.3 is 0 Å². The van der Waals surface area contributed by atoms with Gasteiger partial charge in [-0.05, 0) is 53.2 Å². The first-order valence-corrected chi connectivity index (χ1v) is 7.55. The molecule has 4 heteroatoms. The van der Waals surface area contributed by atoms with Crippen molar-refractivity contribution >= 4 is 27.3 Å². The molecular formula is C13H22BrNOS. The van der Waals surface area contributed by atoms with Crippen molar-refractivity contribution in [2.75, 3.05) is 6.54 Å². The largest absolute Gasteiger partial charge is 0.393 e. The minimum Gasteiger partial charge on any atom is -0.393 e. The van der Waals surface area contributed by atoms with E-state index in [1.807, 2.05) is 6.92 Å². The highest BCUT2D eigenvalue weighted by Crippen LogP contribution is 2.27. The van der Waals surface area contributed by atoms with Crippen molar-refractivity contribution in [3.63, 3.8) is 0 Å². The number of aliphatic hydroxyl groups is 1. The van der Waals surface area contributed by atoms with Crippen LogP contribution in [-0.2, 0) is 6.54 Å². The highest BCUT2D eigenvalue weighted by atomic mass is 79.9. The zero-order chi connectivity index (χ0) is 13.1. The van der Waals surface area contributed by atoms with E-state index in [1.54, 1.807) is 11.3 Å². The summed E-state index contributed by atoms with van der Waals surface area (Å²) < 4.78 is 1.22. The summed E-state index contributed by atoms with van der Waals surface area (Å²) in [5, 5.41) is 12.9. The highest BCUT2D eigenvalue weighted by molar-refractivity contribution is 9.11. The zero-order valence-electron chi connectivity index (χ0n) is 11.0. The number of halogens is 1.